The van der Waals surface area contributed by atoms with Gasteiger partial charge < -0.3 is 10.0 Å². The molecule has 0 spiro atoms. The number of hydrogen-bond acceptors (Lipinski definition) is 4. The summed E-state index contributed by atoms with van der Waals surface area (Å²) in [6.07, 6.45) is 3.18. The predicted octanol–water partition coefficient (Wildman–Crippen LogP) is 1.82. The number of urea groups is 1. The standard InChI is InChI=1S/C13H17N3O3S/c1-7-5-16(6-8(7)11(17)18)13(19)15-12-14-9-3-2-4-10(9)20-12/h7-8H,2-6H2,1H3,(H,17,18)(H,14,15,19)/t7-,8-/m1/s1. The van der Waals surface area contributed by atoms with Crippen molar-refractivity contribution in [2.75, 3.05) is 18.4 Å². The summed E-state index contributed by atoms with van der Waals surface area (Å²) < 4.78 is 0. The Labute approximate surface area is 120 Å². The average molecular weight is 295 g/mol. The zero-order chi connectivity index (χ0) is 14.3. The van der Waals surface area contributed by atoms with Gasteiger partial charge in [0.25, 0.3) is 0 Å². The van der Waals surface area contributed by atoms with Gasteiger partial charge in [-0.15, -0.1) is 11.3 Å². The lowest BCUT2D eigenvalue weighted by atomic mass is 9.99. The molecule has 108 valence electrons. The quantitative estimate of drug-likeness (QED) is 0.872. The van der Waals surface area contributed by atoms with Crippen molar-refractivity contribution in [3.05, 3.63) is 10.6 Å². The van der Waals surface area contributed by atoms with Crippen LogP contribution in [-0.4, -0.2) is 40.1 Å². The third-order valence-corrected chi connectivity index (χ3v) is 5.10. The monoisotopic (exact) mass is 295 g/mol. The number of aromatic nitrogens is 1. The van der Waals surface area contributed by atoms with Gasteiger partial charge in [0.2, 0.25) is 0 Å². The van der Waals surface area contributed by atoms with Crippen molar-refractivity contribution in [3.63, 3.8) is 0 Å². The molecule has 7 heteroatoms. The minimum absolute atomic E-state index is 0.0143. The van der Waals surface area contributed by atoms with E-state index in [-0.39, 0.29) is 18.5 Å². The van der Waals surface area contributed by atoms with E-state index in [0.717, 1.165) is 25.0 Å². The molecule has 1 aromatic rings. The molecule has 0 aromatic carbocycles. The van der Waals surface area contributed by atoms with E-state index in [0.29, 0.717) is 11.7 Å². The Morgan fingerprint density at radius 2 is 2.20 bits per heavy atom. The van der Waals surface area contributed by atoms with Crippen molar-refractivity contribution in [2.45, 2.75) is 26.2 Å². The van der Waals surface area contributed by atoms with Crippen molar-refractivity contribution < 1.29 is 14.7 Å². The van der Waals surface area contributed by atoms with Crippen LogP contribution < -0.4 is 5.32 Å². The lowest BCUT2D eigenvalue weighted by Crippen LogP contribution is -2.33. The summed E-state index contributed by atoms with van der Waals surface area (Å²) >= 11 is 1.53. The smallest absolute Gasteiger partial charge is 0.323 e. The van der Waals surface area contributed by atoms with Gasteiger partial charge in [0.1, 0.15) is 0 Å². The molecule has 1 aliphatic carbocycles. The van der Waals surface area contributed by atoms with E-state index in [1.165, 1.54) is 16.2 Å². The summed E-state index contributed by atoms with van der Waals surface area (Å²) in [6.45, 7) is 2.62. The second-order valence-electron chi connectivity index (χ2n) is 5.50. The van der Waals surface area contributed by atoms with E-state index in [4.69, 9.17) is 5.11 Å². The molecular formula is C13H17N3O3S. The Morgan fingerprint density at radius 3 is 2.85 bits per heavy atom. The fraction of sp³-hybridized carbons (Fsp3) is 0.615. The van der Waals surface area contributed by atoms with E-state index in [9.17, 15) is 9.59 Å². The van der Waals surface area contributed by atoms with E-state index >= 15 is 0 Å². The molecule has 2 aliphatic rings. The molecule has 1 saturated heterocycles. The van der Waals surface area contributed by atoms with Crippen LogP contribution in [0.2, 0.25) is 0 Å². The number of likely N-dealkylation sites (tertiary alicyclic amines) is 1. The number of fused-ring (bicyclic) bond motifs is 1. The van der Waals surface area contributed by atoms with E-state index in [1.807, 2.05) is 6.92 Å². The van der Waals surface area contributed by atoms with Crippen molar-refractivity contribution in [3.8, 4) is 0 Å². The molecule has 0 unspecified atom stereocenters. The zero-order valence-electron chi connectivity index (χ0n) is 11.3. The van der Waals surface area contributed by atoms with Crippen LogP contribution in [0.4, 0.5) is 9.93 Å². The number of thiazole rings is 1. The third kappa shape index (κ3) is 2.37. The van der Waals surface area contributed by atoms with Gasteiger partial charge in [0.15, 0.2) is 5.13 Å². The van der Waals surface area contributed by atoms with E-state index in [1.54, 1.807) is 4.90 Å². The van der Waals surface area contributed by atoms with Crippen molar-refractivity contribution in [2.24, 2.45) is 11.8 Å². The lowest BCUT2D eigenvalue weighted by molar-refractivity contribution is -0.142. The van der Waals surface area contributed by atoms with Crippen LogP contribution in [0, 0.1) is 11.8 Å². The Balaban J connectivity index is 1.63. The highest BCUT2D eigenvalue weighted by Crippen LogP contribution is 2.31. The fourth-order valence-corrected chi connectivity index (χ4v) is 3.91. The Morgan fingerprint density at radius 1 is 1.40 bits per heavy atom. The molecule has 2 heterocycles. The summed E-state index contributed by atoms with van der Waals surface area (Å²) in [6, 6.07) is -0.243. The first kappa shape index (κ1) is 13.4. The Kier molecular flexibility index (Phi) is 3.37. The number of carbonyl (C=O) groups is 2. The predicted molar refractivity (Wildman–Crippen MR) is 75.0 cm³/mol. The van der Waals surface area contributed by atoms with Gasteiger partial charge in [-0.25, -0.2) is 9.78 Å². The lowest BCUT2D eigenvalue weighted by Gasteiger charge is -2.15. The zero-order valence-corrected chi connectivity index (χ0v) is 12.1. The first-order valence-corrected chi connectivity index (χ1v) is 7.63. The van der Waals surface area contributed by atoms with Crippen molar-refractivity contribution in [1.29, 1.82) is 0 Å². The summed E-state index contributed by atoms with van der Waals surface area (Å²) in [5.41, 5.74) is 1.10. The van der Waals surface area contributed by atoms with Gasteiger partial charge in [0.05, 0.1) is 11.6 Å². The number of amides is 2. The number of hydrogen-bond donors (Lipinski definition) is 2. The maximum atomic E-state index is 12.1. The third-order valence-electron chi connectivity index (χ3n) is 4.03. The number of anilines is 1. The molecule has 20 heavy (non-hydrogen) atoms. The summed E-state index contributed by atoms with van der Waals surface area (Å²) in [5, 5.41) is 12.5. The fourth-order valence-electron chi connectivity index (χ4n) is 2.87. The second-order valence-corrected chi connectivity index (χ2v) is 6.58. The van der Waals surface area contributed by atoms with Gasteiger partial charge in [-0.1, -0.05) is 6.92 Å². The average Bonchev–Trinajstić information content (AvgIpc) is 3.02. The number of nitrogens with zero attached hydrogens (tertiary/aromatic N) is 2. The SMILES string of the molecule is C[C@@H]1CN(C(=O)Nc2nc3c(s2)CCC3)C[C@H]1C(=O)O. The highest BCUT2D eigenvalue weighted by molar-refractivity contribution is 7.15. The first-order chi connectivity index (χ1) is 9.54. The van der Waals surface area contributed by atoms with Crippen LogP contribution in [0.3, 0.4) is 0 Å². The maximum Gasteiger partial charge on any atom is 0.323 e. The van der Waals surface area contributed by atoms with Crippen LogP contribution in [0.1, 0.15) is 23.9 Å². The van der Waals surface area contributed by atoms with Gasteiger partial charge in [-0.3, -0.25) is 10.1 Å². The van der Waals surface area contributed by atoms with Gasteiger partial charge in [-0.05, 0) is 25.2 Å². The van der Waals surface area contributed by atoms with Crippen LogP contribution in [-0.2, 0) is 17.6 Å². The number of carboxylic acids is 1. The van der Waals surface area contributed by atoms with Gasteiger partial charge in [0, 0.05) is 18.0 Å². The van der Waals surface area contributed by atoms with E-state index < -0.39 is 11.9 Å². The van der Waals surface area contributed by atoms with Gasteiger partial charge in [-0.2, -0.15) is 0 Å². The number of carboxylic acid groups (broad SMARTS) is 1. The normalized spacial score (nSPS) is 24.8. The van der Waals surface area contributed by atoms with Crippen LogP contribution in [0.5, 0.6) is 0 Å². The van der Waals surface area contributed by atoms with E-state index in [2.05, 4.69) is 10.3 Å². The summed E-state index contributed by atoms with van der Waals surface area (Å²) in [4.78, 5) is 30.5. The second kappa shape index (κ2) is 5.05. The molecule has 3 rings (SSSR count). The molecular weight excluding hydrogens is 278 g/mol. The van der Waals surface area contributed by atoms with Crippen molar-refractivity contribution in [1.82, 2.24) is 9.88 Å². The first-order valence-electron chi connectivity index (χ1n) is 6.82. The molecule has 1 aliphatic heterocycles. The molecule has 6 nitrogen and oxygen atoms in total. The number of aryl methyl sites for hydroxylation is 2. The van der Waals surface area contributed by atoms with Crippen LogP contribution in [0.25, 0.3) is 0 Å². The topological polar surface area (TPSA) is 82.5 Å². The minimum atomic E-state index is -0.832. The minimum Gasteiger partial charge on any atom is -0.481 e. The maximum absolute atomic E-state index is 12.1. The highest BCUT2D eigenvalue weighted by Gasteiger charge is 2.37. The molecule has 1 aromatic heterocycles. The number of nitrogens with one attached hydrogen (secondary N) is 1. The molecule has 0 saturated carbocycles. The van der Waals surface area contributed by atoms with Crippen LogP contribution >= 0.6 is 11.3 Å². The number of aliphatic carboxylic acids is 1. The summed E-state index contributed by atoms with van der Waals surface area (Å²) in [5.74, 6) is -1.32. The molecule has 1 fully saturated rings. The molecule has 0 radical (unpaired) electrons. The van der Waals surface area contributed by atoms with Crippen molar-refractivity contribution >= 4 is 28.5 Å². The Bertz CT molecular complexity index is 536. The summed E-state index contributed by atoms with van der Waals surface area (Å²) in [7, 11) is 0. The van der Waals surface area contributed by atoms with Gasteiger partial charge >= 0.3 is 12.0 Å². The molecule has 2 amide bonds. The number of carbonyl (C=O) groups excluding carboxylic acids is 1. The molecule has 0 bridgehead atoms. The van der Waals surface area contributed by atoms with Crippen LogP contribution in [0.15, 0.2) is 0 Å². The number of rotatable bonds is 2. The molecule has 2 N–H and O–H groups in total. The highest BCUT2D eigenvalue weighted by atomic mass is 32.1. The largest absolute Gasteiger partial charge is 0.481 e. The molecule has 2 atom stereocenters. The Hall–Kier alpha value is -1.63.